The SMILES string of the molecule is Cc1ccc(CSc2nnc(N3C(=O)C(=O)/C(=C(\O)c4ccc(Cl)cc4)C3c3ccc(C(C)(C)C)cc3)s2)cc1. The van der Waals surface area contributed by atoms with Gasteiger partial charge in [0.1, 0.15) is 5.76 Å². The molecule has 1 atom stereocenters. The van der Waals surface area contributed by atoms with Crippen molar-refractivity contribution in [1.29, 1.82) is 0 Å². The molecule has 6 nitrogen and oxygen atoms in total. The second-order valence-electron chi connectivity index (χ2n) is 10.7. The molecule has 40 heavy (non-hydrogen) atoms. The molecule has 1 amide bonds. The molecule has 0 bridgehead atoms. The number of halogens is 1. The highest BCUT2D eigenvalue weighted by atomic mass is 35.5. The molecule has 2 heterocycles. The molecule has 1 saturated heterocycles. The molecule has 5 rings (SSSR count). The highest BCUT2D eigenvalue weighted by Crippen LogP contribution is 2.44. The topological polar surface area (TPSA) is 83.4 Å². The fraction of sp³-hybridized carbons (Fsp3) is 0.226. The van der Waals surface area contributed by atoms with Gasteiger partial charge in [-0.25, -0.2) is 0 Å². The molecule has 1 unspecified atom stereocenters. The number of hydrogen-bond acceptors (Lipinski definition) is 7. The van der Waals surface area contributed by atoms with Crippen LogP contribution >= 0.6 is 34.7 Å². The maximum atomic E-state index is 13.5. The van der Waals surface area contributed by atoms with E-state index in [9.17, 15) is 14.7 Å². The fourth-order valence-corrected chi connectivity index (χ4v) is 6.41. The van der Waals surface area contributed by atoms with Crippen molar-refractivity contribution in [2.24, 2.45) is 0 Å². The highest BCUT2D eigenvalue weighted by molar-refractivity contribution is 8.00. The lowest BCUT2D eigenvalue weighted by Crippen LogP contribution is -2.29. The minimum Gasteiger partial charge on any atom is -0.507 e. The Labute approximate surface area is 246 Å². The first-order valence-electron chi connectivity index (χ1n) is 12.7. The molecule has 3 aromatic carbocycles. The Bertz CT molecular complexity index is 1590. The quantitative estimate of drug-likeness (QED) is 0.0815. The van der Waals surface area contributed by atoms with E-state index in [4.69, 9.17) is 11.6 Å². The average Bonchev–Trinajstić information content (AvgIpc) is 3.50. The van der Waals surface area contributed by atoms with Gasteiger partial charge in [0, 0.05) is 16.3 Å². The highest BCUT2D eigenvalue weighted by Gasteiger charge is 2.48. The maximum absolute atomic E-state index is 13.5. The Morgan fingerprint density at radius 3 is 2.25 bits per heavy atom. The lowest BCUT2D eigenvalue weighted by atomic mass is 9.85. The fourth-order valence-electron chi connectivity index (χ4n) is 4.46. The largest absolute Gasteiger partial charge is 0.507 e. The standard InChI is InChI=1S/C31H28ClN3O3S2/c1-18-5-7-19(8-6-18)17-39-30-34-33-29(40-30)35-25(20-9-13-22(14-10-20)31(2,3)4)24(27(37)28(35)38)26(36)21-11-15-23(32)16-12-21/h5-16,25,36H,17H2,1-4H3/b26-24-. The zero-order valence-corrected chi connectivity index (χ0v) is 24.9. The van der Waals surface area contributed by atoms with Crippen LogP contribution in [-0.2, 0) is 20.8 Å². The Hall–Kier alpha value is -3.46. The van der Waals surface area contributed by atoms with Crippen molar-refractivity contribution in [3.05, 3.63) is 111 Å². The Kier molecular flexibility index (Phi) is 7.86. The van der Waals surface area contributed by atoms with Gasteiger partial charge in [0.25, 0.3) is 5.78 Å². The first-order chi connectivity index (χ1) is 19.0. The summed E-state index contributed by atoms with van der Waals surface area (Å²) in [6, 6.07) is 21.7. The van der Waals surface area contributed by atoms with Gasteiger partial charge >= 0.3 is 5.91 Å². The third-order valence-electron chi connectivity index (χ3n) is 6.74. The van der Waals surface area contributed by atoms with Gasteiger partial charge in [-0.3, -0.25) is 14.5 Å². The molecule has 1 aliphatic rings. The predicted molar refractivity (Wildman–Crippen MR) is 162 cm³/mol. The van der Waals surface area contributed by atoms with Crippen molar-refractivity contribution in [2.45, 2.75) is 49.2 Å². The molecular weight excluding hydrogens is 562 g/mol. The van der Waals surface area contributed by atoms with Crippen molar-refractivity contribution >= 4 is 57.3 Å². The summed E-state index contributed by atoms with van der Waals surface area (Å²) < 4.78 is 0.678. The molecule has 9 heteroatoms. The van der Waals surface area contributed by atoms with Gasteiger partial charge in [0.2, 0.25) is 5.13 Å². The second-order valence-corrected chi connectivity index (χ2v) is 13.3. The molecular formula is C31H28ClN3O3S2. The van der Waals surface area contributed by atoms with Crippen LogP contribution in [0.5, 0.6) is 0 Å². The first kappa shape index (κ1) is 28.1. The number of anilines is 1. The monoisotopic (exact) mass is 589 g/mol. The number of benzene rings is 3. The summed E-state index contributed by atoms with van der Waals surface area (Å²) in [5.74, 6) is -1.10. The number of ketones is 1. The molecule has 0 radical (unpaired) electrons. The van der Waals surface area contributed by atoms with E-state index in [1.807, 2.05) is 31.2 Å². The number of rotatable bonds is 6. The molecule has 0 aliphatic carbocycles. The van der Waals surface area contributed by atoms with Crippen LogP contribution in [0.1, 0.15) is 54.6 Å². The third-order valence-corrected chi connectivity index (χ3v) is 9.12. The van der Waals surface area contributed by atoms with Crippen molar-refractivity contribution < 1.29 is 14.7 Å². The van der Waals surface area contributed by atoms with Crippen molar-refractivity contribution in [3.8, 4) is 0 Å². The predicted octanol–water partition coefficient (Wildman–Crippen LogP) is 7.72. The number of aryl methyl sites for hydroxylation is 1. The molecule has 204 valence electrons. The van der Waals surface area contributed by atoms with Gasteiger partial charge in [-0.15, -0.1) is 10.2 Å². The van der Waals surface area contributed by atoms with E-state index < -0.39 is 17.7 Å². The number of Topliss-reactive ketones (excluding diaryl/α,β-unsaturated/α-hetero) is 1. The number of carbonyl (C=O) groups is 2. The van der Waals surface area contributed by atoms with E-state index in [0.29, 0.717) is 31.4 Å². The van der Waals surface area contributed by atoms with Gasteiger partial charge in [-0.05, 0) is 53.3 Å². The zero-order valence-electron chi connectivity index (χ0n) is 22.5. The average molecular weight is 590 g/mol. The van der Waals surface area contributed by atoms with Crippen LogP contribution in [0.2, 0.25) is 5.02 Å². The van der Waals surface area contributed by atoms with Gasteiger partial charge in [0.05, 0.1) is 11.6 Å². The minimum atomic E-state index is -0.868. The lowest BCUT2D eigenvalue weighted by molar-refractivity contribution is -0.132. The summed E-state index contributed by atoms with van der Waals surface area (Å²) in [5.41, 5.74) is 4.45. The zero-order chi connectivity index (χ0) is 28.6. The first-order valence-corrected chi connectivity index (χ1v) is 14.9. The summed E-state index contributed by atoms with van der Waals surface area (Å²) in [6.45, 7) is 8.39. The number of nitrogens with zero attached hydrogens (tertiary/aromatic N) is 3. The summed E-state index contributed by atoms with van der Waals surface area (Å²) in [6.07, 6.45) is 0. The van der Waals surface area contributed by atoms with Gasteiger partial charge in [-0.1, -0.05) is 110 Å². The van der Waals surface area contributed by atoms with E-state index in [1.54, 1.807) is 24.3 Å². The number of aliphatic hydroxyl groups is 1. The van der Waals surface area contributed by atoms with Crippen LogP contribution in [0, 0.1) is 6.92 Å². The van der Waals surface area contributed by atoms with Crippen molar-refractivity contribution in [3.63, 3.8) is 0 Å². The van der Waals surface area contributed by atoms with Gasteiger partial charge in [-0.2, -0.15) is 0 Å². The molecule has 4 aromatic rings. The normalized spacial score (nSPS) is 17.0. The Morgan fingerprint density at radius 1 is 0.975 bits per heavy atom. The summed E-state index contributed by atoms with van der Waals surface area (Å²) in [7, 11) is 0. The minimum absolute atomic E-state index is 0.000102. The van der Waals surface area contributed by atoms with E-state index >= 15 is 0 Å². The van der Waals surface area contributed by atoms with Crippen molar-refractivity contribution in [1.82, 2.24) is 10.2 Å². The Balaban J connectivity index is 1.54. The van der Waals surface area contributed by atoms with E-state index in [1.165, 1.54) is 33.6 Å². The molecule has 0 saturated carbocycles. The van der Waals surface area contributed by atoms with Gasteiger partial charge < -0.3 is 5.11 Å². The number of aliphatic hydroxyl groups excluding tert-OH is 1. The number of aromatic nitrogens is 2. The van der Waals surface area contributed by atoms with Crippen LogP contribution in [-0.4, -0.2) is 27.0 Å². The summed E-state index contributed by atoms with van der Waals surface area (Å²) >= 11 is 8.80. The number of carbonyl (C=O) groups excluding carboxylic acids is 2. The summed E-state index contributed by atoms with van der Waals surface area (Å²) in [5, 5.41) is 20.7. The van der Waals surface area contributed by atoms with Gasteiger partial charge in [0.15, 0.2) is 4.34 Å². The number of thioether (sulfide) groups is 1. The summed E-state index contributed by atoms with van der Waals surface area (Å²) in [4.78, 5) is 28.3. The molecule has 1 aromatic heterocycles. The number of amides is 1. The molecule has 1 N–H and O–H groups in total. The van der Waals surface area contributed by atoms with Crippen LogP contribution in [0.25, 0.3) is 5.76 Å². The second kappa shape index (κ2) is 11.2. The Morgan fingerprint density at radius 2 is 1.62 bits per heavy atom. The molecule has 1 aliphatic heterocycles. The smallest absolute Gasteiger partial charge is 0.301 e. The van der Waals surface area contributed by atoms with Crippen LogP contribution in [0.15, 0.2) is 82.7 Å². The molecule has 1 fully saturated rings. The molecule has 0 spiro atoms. The van der Waals surface area contributed by atoms with Crippen LogP contribution < -0.4 is 4.90 Å². The van der Waals surface area contributed by atoms with E-state index in [2.05, 4.69) is 55.2 Å². The lowest BCUT2D eigenvalue weighted by Gasteiger charge is -2.24. The maximum Gasteiger partial charge on any atom is 0.301 e. The number of hydrogen-bond donors (Lipinski definition) is 1. The van der Waals surface area contributed by atoms with Crippen molar-refractivity contribution in [2.75, 3.05) is 4.90 Å². The van der Waals surface area contributed by atoms with E-state index in [-0.39, 0.29) is 16.7 Å². The van der Waals surface area contributed by atoms with E-state index in [0.717, 1.165) is 11.1 Å². The third kappa shape index (κ3) is 5.70. The van der Waals surface area contributed by atoms with Crippen LogP contribution in [0.3, 0.4) is 0 Å². The van der Waals surface area contributed by atoms with Crippen LogP contribution in [0.4, 0.5) is 5.13 Å².